The summed E-state index contributed by atoms with van der Waals surface area (Å²) in [6.45, 7) is 0.266. The SMILES string of the molecule is O=C1NC(c2cccc(F)c2)CO1. The number of carbonyl (C=O) groups excluding carboxylic acids is 1. The molecule has 1 heterocycles. The number of rotatable bonds is 1. The first-order chi connectivity index (χ1) is 6.25. The van der Waals surface area contributed by atoms with Gasteiger partial charge in [0, 0.05) is 0 Å². The molecule has 1 aliphatic heterocycles. The van der Waals surface area contributed by atoms with Gasteiger partial charge in [-0.15, -0.1) is 0 Å². The minimum absolute atomic E-state index is 0.219. The van der Waals surface area contributed by atoms with E-state index in [0.29, 0.717) is 0 Å². The lowest BCUT2D eigenvalue weighted by Crippen LogP contribution is -2.18. The Hall–Kier alpha value is -1.58. The molecule has 1 aromatic rings. The third-order valence-corrected chi connectivity index (χ3v) is 1.92. The van der Waals surface area contributed by atoms with Gasteiger partial charge in [-0.1, -0.05) is 12.1 Å². The van der Waals surface area contributed by atoms with Gasteiger partial charge in [0.25, 0.3) is 0 Å². The highest BCUT2D eigenvalue weighted by atomic mass is 19.1. The monoisotopic (exact) mass is 181 g/mol. The van der Waals surface area contributed by atoms with Crippen molar-refractivity contribution >= 4 is 6.09 Å². The number of ether oxygens (including phenoxy) is 1. The molecule has 1 aromatic carbocycles. The molecule has 1 N–H and O–H groups in total. The van der Waals surface area contributed by atoms with Crippen molar-refractivity contribution in [2.45, 2.75) is 6.04 Å². The smallest absolute Gasteiger partial charge is 0.407 e. The molecule has 3 nitrogen and oxygen atoms in total. The van der Waals surface area contributed by atoms with Crippen LogP contribution in [0.5, 0.6) is 0 Å². The first kappa shape index (κ1) is 8.04. The molecule has 1 amide bonds. The number of nitrogens with one attached hydrogen (secondary N) is 1. The van der Waals surface area contributed by atoms with Gasteiger partial charge in [-0.3, -0.25) is 0 Å². The number of halogens is 1. The van der Waals surface area contributed by atoms with E-state index in [4.69, 9.17) is 0 Å². The van der Waals surface area contributed by atoms with Crippen LogP contribution in [0.4, 0.5) is 9.18 Å². The molecule has 1 unspecified atom stereocenters. The molecule has 0 aliphatic carbocycles. The molecule has 13 heavy (non-hydrogen) atoms. The maximum atomic E-state index is 12.8. The van der Waals surface area contributed by atoms with E-state index in [1.165, 1.54) is 12.1 Å². The van der Waals surface area contributed by atoms with E-state index in [0.717, 1.165) is 5.56 Å². The van der Waals surface area contributed by atoms with Gasteiger partial charge in [0.1, 0.15) is 12.4 Å². The normalized spacial score (nSPS) is 21.0. The summed E-state index contributed by atoms with van der Waals surface area (Å²) in [7, 11) is 0. The average molecular weight is 181 g/mol. The van der Waals surface area contributed by atoms with Crippen molar-refractivity contribution in [2.24, 2.45) is 0 Å². The van der Waals surface area contributed by atoms with Crippen molar-refractivity contribution in [3.63, 3.8) is 0 Å². The van der Waals surface area contributed by atoms with Gasteiger partial charge in [-0.25, -0.2) is 9.18 Å². The molecule has 0 saturated carbocycles. The fourth-order valence-corrected chi connectivity index (χ4v) is 1.29. The third-order valence-electron chi connectivity index (χ3n) is 1.92. The van der Waals surface area contributed by atoms with E-state index in [-0.39, 0.29) is 18.5 Å². The second-order valence-electron chi connectivity index (χ2n) is 2.85. The largest absolute Gasteiger partial charge is 0.447 e. The van der Waals surface area contributed by atoms with Crippen LogP contribution in [0, 0.1) is 5.82 Å². The Balaban J connectivity index is 2.21. The molecule has 2 rings (SSSR count). The van der Waals surface area contributed by atoms with E-state index in [1.54, 1.807) is 12.1 Å². The summed E-state index contributed by atoms with van der Waals surface area (Å²) in [5.41, 5.74) is 0.728. The molecule has 68 valence electrons. The Bertz CT molecular complexity index is 340. The number of benzene rings is 1. The van der Waals surface area contributed by atoms with E-state index in [9.17, 15) is 9.18 Å². The maximum absolute atomic E-state index is 12.8. The van der Waals surface area contributed by atoms with Crippen molar-refractivity contribution in [1.29, 1.82) is 0 Å². The van der Waals surface area contributed by atoms with Crippen LogP contribution >= 0.6 is 0 Å². The van der Waals surface area contributed by atoms with E-state index >= 15 is 0 Å². The van der Waals surface area contributed by atoms with Crippen LogP contribution in [-0.2, 0) is 4.74 Å². The highest BCUT2D eigenvalue weighted by Gasteiger charge is 2.23. The number of carbonyl (C=O) groups is 1. The van der Waals surface area contributed by atoms with Crippen molar-refractivity contribution in [3.8, 4) is 0 Å². The molecule has 1 aliphatic rings. The molecule has 4 heteroatoms. The quantitative estimate of drug-likeness (QED) is 0.714. The maximum Gasteiger partial charge on any atom is 0.407 e. The first-order valence-electron chi connectivity index (χ1n) is 3.94. The van der Waals surface area contributed by atoms with E-state index in [1.807, 2.05) is 0 Å². The Morgan fingerprint density at radius 3 is 3.00 bits per heavy atom. The highest BCUT2D eigenvalue weighted by molar-refractivity contribution is 5.70. The van der Waals surface area contributed by atoms with Crippen LogP contribution in [0.2, 0.25) is 0 Å². The minimum Gasteiger partial charge on any atom is -0.447 e. The van der Waals surface area contributed by atoms with Crippen molar-refractivity contribution in [3.05, 3.63) is 35.6 Å². The topological polar surface area (TPSA) is 38.3 Å². The molecular formula is C9H8FNO2. The van der Waals surface area contributed by atoms with Gasteiger partial charge in [0.2, 0.25) is 0 Å². The molecular weight excluding hydrogens is 173 g/mol. The zero-order valence-corrected chi connectivity index (χ0v) is 6.79. The number of hydrogen-bond donors (Lipinski definition) is 1. The lowest BCUT2D eigenvalue weighted by atomic mass is 10.1. The molecule has 1 saturated heterocycles. The summed E-state index contributed by atoms with van der Waals surface area (Å²) in [5, 5.41) is 2.57. The molecule has 0 radical (unpaired) electrons. The van der Waals surface area contributed by atoms with Gasteiger partial charge in [0.15, 0.2) is 0 Å². The van der Waals surface area contributed by atoms with Crippen LogP contribution < -0.4 is 5.32 Å². The number of amides is 1. The standard InChI is InChI=1S/C9H8FNO2/c10-7-3-1-2-6(4-7)8-5-13-9(12)11-8/h1-4,8H,5H2,(H,11,12). The summed E-state index contributed by atoms with van der Waals surface area (Å²) in [6, 6.07) is 5.89. The summed E-state index contributed by atoms with van der Waals surface area (Å²) in [6.07, 6.45) is -0.450. The Labute approximate surface area is 74.5 Å². The molecule has 1 fully saturated rings. The van der Waals surface area contributed by atoms with Crippen LogP contribution in [0.25, 0.3) is 0 Å². The van der Waals surface area contributed by atoms with Gasteiger partial charge in [0.05, 0.1) is 6.04 Å². The van der Waals surface area contributed by atoms with Crippen molar-refractivity contribution in [1.82, 2.24) is 5.32 Å². The van der Waals surface area contributed by atoms with Crippen LogP contribution in [0.15, 0.2) is 24.3 Å². The van der Waals surface area contributed by atoms with Crippen LogP contribution in [0.1, 0.15) is 11.6 Å². The van der Waals surface area contributed by atoms with Crippen LogP contribution in [0.3, 0.4) is 0 Å². The fraction of sp³-hybridized carbons (Fsp3) is 0.222. The van der Waals surface area contributed by atoms with Gasteiger partial charge in [-0.05, 0) is 17.7 Å². The van der Waals surface area contributed by atoms with Crippen molar-refractivity contribution in [2.75, 3.05) is 6.61 Å². The minimum atomic E-state index is -0.450. The third kappa shape index (κ3) is 1.61. The zero-order chi connectivity index (χ0) is 9.26. The lowest BCUT2D eigenvalue weighted by molar-refractivity contribution is 0.177. The molecule has 0 spiro atoms. The van der Waals surface area contributed by atoms with Gasteiger partial charge < -0.3 is 10.1 Å². The lowest BCUT2D eigenvalue weighted by Gasteiger charge is -2.06. The van der Waals surface area contributed by atoms with Crippen molar-refractivity contribution < 1.29 is 13.9 Å². The zero-order valence-electron chi connectivity index (χ0n) is 6.79. The Kier molecular flexibility index (Phi) is 1.88. The second kappa shape index (κ2) is 3.05. The van der Waals surface area contributed by atoms with Gasteiger partial charge >= 0.3 is 6.09 Å². The average Bonchev–Trinajstić information content (AvgIpc) is 2.52. The number of alkyl carbamates (subject to hydrolysis) is 1. The van der Waals surface area contributed by atoms with Crippen LogP contribution in [-0.4, -0.2) is 12.7 Å². The molecule has 1 atom stereocenters. The summed E-state index contributed by atoms with van der Waals surface area (Å²) >= 11 is 0. The predicted molar refractivity (Wildman–Crippen MR) is 43.6 cm³/mol. The highest BCUT2D eigenvalue weighted by Crippen LogP contribution is 2.18. The first-order valence-corrected chi connectivity index (χ1v) is 3.94. The summed E-state index contributed by atoms with van der Waals surface area (Å²) < 4.78 is 17.5. The predicted octanol–water partition coefficient (Wildman–Crippen LogP) is 1.61. The fourth-order valence-electron chi connectivity index (χ4n) is 1.29. The number of hydrogen-bond acceptors (Lipinski definition) is 2. The van der Waals surface area contributed by atoms with E-state index in [2.05, 4.69) is 10.1 Å². The van der Waals surface area contributed by atoms with E-state index < -0.39 is 6.09 Å². The summed E-state index contributed by atoms with van der Waals surface area (Å²) in [4.78, 5) is 10.7. The summed E-state index contributed by atoms with van der Waals surface area (Å²) in [5.74, 6) is -0.307. The molecule has 0 aromatic heterocycles. The van der Waals surface area contributed by atoms with Gasteiger partial charge in [-0.2, -0.15) is 0 Å². The number of cyclic esters (lactones) is 1. The second-order valence-corrected chi connectivity index (χ2v) is 2.85. The Morgan fingerprint density at radius 2 is 2.38 bits per heavy atom. The molecule has 0 bridgehead atoms. The Morgan fingerprint density at radius 1 is 1.54 bits per heavy atom.